The molecule has 8 rings (SSSR count). The fourth-order valence-corrected chi connectivity index (χ4v) is 11.5. The molecule has 0 radical (unpaired) electrons. The Hall–Kier alpha value is -3.28. The molecule has 0 unspecified atom stereocenters. The van der Waals surface area contributed by atoms with Crippen LogP contribution in [0.2, 0.25) is 0 Å². The average molecular weight is 662 g/mol. The van der Waals surface area contributed by atoms with Gasteiger partial charge in [0.15, 0.2) is 0 Å². The predicted octanol–water partition coefficient (Wildman–Crippen LogP) is 4.82. The minimum Gasteiger partial charge on any atom is -0.497 e. The Kier molecular flexibility index (Phi) is 7.40. The molecule has 2 N–H and O–H groups in total. The van der Waals surface area contributed by atoms with Crippen molar-refractivity contribution in [1.82, 2.24) is 15.0 Å². The molecule has 4 aliphatic carbocycles. The van der Waals surface area contributed by atoms with Gasteiger partial charge in [-0.3, -0.25) is 4.79 Å². The van der Waals surface area contributed by atoms with E-state index in [1.807, 2.05) is 6.92 Å². The molecule has 3 heterocycles. The zero-order valence-electron chi connectivity index (χ0n) is 28.4. The number of ketones is 1. The summed E-state index contributed by atoms with van der Waals surface area (Å²) in [5.74, 6) is 2.78. The number of cyclic esters (lactones) is 1. The molecule has 11 heteroatoms. The molecule has 48 heavy (non-hydrogen) atoms. The molecular weight excluding hydrogens is 614 g/mol. The zero-order valence-corrected chi connectivity index (χ0v) is 28.4. The van der Waals surface area contributed by atoms with E-state index in [9.17, 15) is 19.8 Å². The van der Waals surface area contributed by atoms with Crippen LogP contribution in [0.3, 0.4) is 0 Å². The normalized spacial score (nSPS) is 42.2. The number of epoxide rings is 1. The first-order chi connectivity index (χ1) is 23.0. The molecule has 1 aromatic carbocycles. The van der Waals surface area contributed by atoms with E-state index in [0.717, 1.165) is 37.7 Å². The van der Waals surface area contributed by atoms with Gasteiger partial charge < -0.3 is 29.2 Å². The summed E-state index contributed by atoms with van der Waals surface area (Å²) in [4.78, 5) is 27.1. The monoisotopic (exact) mass is 661 g/mol. The third kappa shape index (κ3) is 4.35. The van der Waals surface area contributed by atoms with Gasteiger partial charge in [-0.1, -0.05) is 29.7 Å². The highest BCUT2D eigenvalue weighted by atomic mass is 16.6. The van der Waals surface area contributed by atoms with Crippen LogP contribution in [0.4, 0.5) is 0 Å². The maximum absolute atomic E-state index is 14.4. The summed E-state index contributed by atoms with van der Waals surface area (Å²) in [6, 6.07) is 6.55. The van der Waals surface area contributed by atoms with Gasteiger partial charge in [-0.2, -0.15) is 0 Å². The van der Waals surface area contributed by atoms with Crippen molar-refractivity contribution in [2.75, 3.05) is 13.7 Å². The van der Waals surface area contributed by atoms with Gasteiger partial charge in [0.2, 0.25) is 0 Å². The second-order valence-electron chi connectivity index (χ2n) is 15.8. The van der Waals surface area contributed by atoms with Crippen LogP contribution in [0.5, 0.6) is 17.4 Å². The summed E-state index contributed by atoms with van der Waals surface area (Å²) in [6.07, 6.45) is 6.04. The summed E-state index contributed by atoms with van der Waals surface area (Å²) in [5.41, 5.74) is -0.332. The van der Waals surface area contributed by atoms with Gasteiger partial charge in [-0.05, 0) is 105 Å². The highest BCUT2D eigenvalue weighted by molar-refractivity contribution is 5.90. The largest absolute Gasteiger partial charge is 0.497 e. The lowest BCUT2D eigenvalue weighted by Gasteiger charge is -2.59. The number of fused-ring (bicyclic) bond motifs is 4. The zero-order chi connectivity index (χ0) is 33.7. The van der Waals surface area contributed by atoms with Crippen LogP contribution in [0.25, 0.3) is 0 Å². The molecule has 1 spiro atoms. The number of hydrogen-bond donors (Lipinski definition) is 2. The van der Waals surface area contributed by atoms with E-state index in [4.69, 9.17) is 18.9 Å². The minimum absolute atomic E-state index is 0.0625. The standard InChI is InChI=1S/C37H47N3O8/c1-19-14-29(47-34(44)24(19)18-41)20(2)25-10-11-26-23-15-31-37(48-31)33(43)28(16-30(42)36(37,4)27(23)12-13-35(25,26)3)40-17-32(38-39-40)46-22-8-6-21(45-5)7-9-22/h6-9,17,20,23,25-29,31,33,41,43H,10-16,18H2,1-5H3/t20-,23-,25+,26-,27-,28-,29+,31+,33-,35+,36-,37-/m0/s1. The van der Waals surface area contributed by atoms with E-state index >= 15 is 0 Å². The van der Waals surface area contributed by atoms with Crippen LogP contribution in [-0.4, -0.2) is 74.6 Å². The number of hydrogen-bond acceptors (Lipinski definition) is 10. The van der Waals surface area contributed by atoms with Crippen molar-refractivity contribution in [3.63, 3.8) is 0 Å². The number of aliphatic hydroxyl groups is 2. The number of esters is 1. The minimum atomic E-state index is -0.930. The number of nitrogens with zero attached hydrogens (tertiary/aromatic N) is 3. The molecular formula is C37H47N3O8. The highest BCUT2D eigenvalue weighted by Crippen LogP contribution is 2.74. The number of carbonyl (C=O) groups is 2. The maximum atomic E-state index is 14.4. The first kappa shape index (κ1) is 32.0. The lowest BCUT2D eigenvalue weighted by atomic mass is 9.43. The molecule has 6 aliphatic rings. The van der Waals surface area contributed by atoms with Gasteiger partial charge in [-0.25, -0.2) is 9.48 Å². The number of aromatic nitrogens is 3. The Labute approximate surface area is 281 Å². The molecule has 11 nitrogen and oxygen atoms in total. The molecule has 2 aliphatic heterocycles. The second-order valence-corrected chi connectivity index (χ2v) is 15.8. The van der Waals surface area contributed by atoms with Gasteiger partial charge in [0.25, 0.3) is 5.88 Å². The molecule has 2 aromatic rings. The first-order valence-electron chi connectivity index (χ1n) is 17.6. The number of ether oxygens (including phenoxy) is 4. The number of Topliss-reactive ketones (excluding diaryl/α,β-unsaturated/α-hetero) is 1. The van der Waals surface area contributed by atoms with Gasteiger partial charge >= 0.3 is 5.97 Å². The Balaban J connectivity index is 1.00. The molecule has 1 aromatic heterocycles. The fraction of sp³-hybridized carbons (Fsp3) is 0.676. The van der Waals surface area contributed by atoms with E-state index in [1.54, 1.807) is 42.3 Å². The smallest absolute Gasteiger partial charge is 0.336 e. The second kappa shape index (κ2) is 11.1. The topological polar surface area (TPSA) is 146 Å². The summed E-state index contributed by atoms with van der Waals surface area (Å²) >= 11 is 0. The Bertz CT molecular complexity index is 1660. The molecule has 258 valence electrons. The van der Waals surface area contributed by atoms with Crippen LogP contribution in [0.15, 0.2) is 41.6 Å². The van der Waals surface area contributed by atoms with E-state index in [-0.39, 0.29) is 60.1 Å². The van der Waals surface area contributed by atoms with Crippen molar-refractivity contribution in [2.45, 2.75) is 103 Å². The van der Waals surface area contributed by atoms with Crippen LogP contribution < -0.4 is 9.47 Å². The first-order valence-corrected chi connectivity index (χ1v) is 17.6. The van der Waals surface area contributed by atoms with Crippen LogP contribution in [0.1, 0.15) is 78.7 Å². The van der Waals surface area contributed by atoms with Gasteiger partial charge in [0.1, 0.15) is 35.1 Å². The Morgan fingerprint density at radius 2 is 1.83 bits per heavy atom. The van der Waals surface area contributed by atoms with Crippen molar-refractivity contribution >= 4 is 11.8 Å². The summed E-state index contributed by atoms with van der Waals surface area (Å²) in [5, 5.41) is 30.2. The lowest BCUT2D eigenvalue weighted by Crippen LogP contribution is -2.67. The number of methoxy groups -OCH3 is 1. The summed E-state index contributed by atoms with van der Waals surface area (Å²) in [7, 11) is 1.60. The predicted molar refractivity (Wildman–Crippen MR) is 172 cm³/mol. The SMILES string of the molecule is COc1ccc(Oc2cn([C@H]3CC(=O)[C@]4(C)[C@H]5CC[C@]6(C)[C@@H]([C@H](C)[C@H]7CC(C)=C(CO)C(=O)O7)CC[C@H]6[C@@H]5C[C@H]5O[C@]54[C@H]3O)nn2)cc1. The lowest BCUT2D eigenvalue weighted by molar-refractivity contribution is -0.172. The Morgan fingerprint density at radius 1 is 1.08 bits per heavy atom. The van der Waals surface area contributed by atoms with E-state index < -0.39 is 23.2 Å². The summed E-state index contributed by atoms with van der Waals surface area (Å²) < 4.78 is 25.2. The Morgan fingerprint density at radius 3 is 2.54 bits per heavy atom. The molecule has 5 fully saturated rings. The van der Waals surface area contributed by atoms with E-state index in [2.05, 4.69) is 31.1 Å². The third-order valence-electron chi connectivity index (χ3n) is 14.1. The molecule has 4 saturated carbocycles. The molecule has 0 amide bonds. The van der Waals surface area contributed by atoms with Crippen LogP contribution >= 0.6 is 0 Å². The number of carbonyl (C=O) groups excluding carboxylic acids is 2. The van der Waals surface area contributed by atoms with Crippen molar-refractivity contribution in [1.29, 1.82) is 0 Å². The maximum Gasteiger partial charge on any atom is 0.336 e. The number of aliphatic hydroxyl groups excluding tert-OH is 2. The average Bonchev–Trinajstić information content (AvgIpc) is 3.44. The van der Waals surface area contributed by atoms with Gasteiger partial charge in [-0.15, -0.1) is 0 Å². The van der Waals surface area contributed by atoms with Crippen LogP contribution in [0, 0.1) is 40.4 Å². The number of benzene rings is 1. The quantitative estimate of drug-likeness (QED) is 0.313. The van der Waals surface area contributed by atoms with Crippen molar-refractivity contribution in [3.05, 3.63) is 41.6 Å². The van der Waals surface area contributed by atoms with Crippen molar-refractivity contribution < 1.29 is 38.7 Å². The fourth-order valence-electron chi connectivity index (χ4n) is 11.5. The molecule has 0 bridgehead atoms. The third-order valence-corrected chi connectivity index (χ3v) is 14.1. The molecule has 1 saturated heterocycles. The highest BCUT2D eigenvalue weighted by Gasteiger charge is 2.82. The molecule has 12 atom stereocenters. The van der Waals surface area contributed by atoms with E-state index in [0.29, 0.717) is 41.2 Å². The van der Waals surface area contributed by atoms with Gasteiger partial charge in [0.05, 0.1) is 43.0 Å². The summed E-state index contributed by atoms with van der Waals surface area (Å²) in [6.45, 7) is 8.37. The number of rotatable bonds is 7. The van der Waals surface area contributed by atoms with E-state index in [1.165, 1.54) is 0 Å². The van der Waals surface area contributed by atoms with Crippen LogP contribution in [-0.2, 0) is 19.1 Å². The van der Waals surface area contributed by atoms with Gasteiger partial charge in [0, 0.05) is 12.8 Å². The van der Waals surface area contributed by atoms with Crippen molar-refractivity contribution in [3.8, 4) is 17.4 Å². The van der Waals surface area contributed by atoms with Crippen molar-refractivity contribution in [2.24, 2.45) is 40.4 Å².